The van der Waals surface area contributed by atoms with Crippen molar-refractivity contribution in [2.75, 3.05) is 27.2 Å². The van der Waals surface area contributed by atoms with Crippen molar-refractivity contribution in [3.8, 4) is 5.75 Å². The minimum atomic E-state index is 0.0156. The summed E-state index contributed by atoms with van der Waals surface area (Å²) in [6.45, 7) is 10.5. The Kier molecular flexibility index (Phi) is 6.53. The Morgan fingerprint density at radius 3 is 2.29 bits per heavy atom. The summed E-state index contributed by atoms with van der Waals surface area (Å²) in [6, 6.07) is 8.24. The number of nitrogens with one attached hydrogen (secondary N) is 2. The van der Waals surface area contributed by atoms with Gasteiger partial charge in [0.15, 0.2) is 5.96 Å². The standard InChI is InChI=1S/C17H29N3O/c1-13(2)11-19-16(18-5)20-12-17(3,4)14-7-9-15(21-6)10-8-14/h7-10,13H,11-12H2,1-6H3,(H2,18,19,20). The normalized spacial score (nSPS) is 12.4. The Hall–Kier alpha value is -1.71. The van der Waals surface area contributed by atoms with Crippen molar-refractivity contribution in [1.82, 2.24) is 10.6 Å². The summed E-state index contributed by atoms with van der Waals surface area (Å²) in [4.78, 5) is 4.26. The van der Waals surface area contributed by atoms with E-state index < -0.39 is 0 Å². The maximum absolute atomic E-state index is 5.21. The van der Waals surface area contributed by atoms with Gasteiger partial charge in [-0.15, -0.1) is 0 Å². The van der Waals surface area contributed by atoms with Gasteiger partial charge in [0.25, 0.3) is 0 Å². The third-order valence-corrected chi connectivity index (χ3v) is 3.47. The SMILES string of the molecule is CN=C(NCC(C)C)NCC(C)(C)c1ccc(OC)cc1. The molecule has 0 aromatic heterocycles. The van der Waals surface area contributed by atoms with Crippen molar-refractivity contribution < 1.29 is 4.74 Å². The largest absolute Gasteiger partial charge is 0.497 e. The van der Waals surface area contributed by atoms with Crippen LogP contribution in [0.3, 0.4) is 0 Å². The van der Waals surface area contributed by atoms with Gasteiger partial charge in [-0.25, -0.2) is 0 Å². The lowest BCUT2D eigenvalue weighted by Crippen LogP contribution is -2.44. The Labute approximate surface area is 129 Å². The van der Waals surface area contributed by atoms with Crippen LogP contribution in [0, 0.1) is 5.92 Å². The third kappa shape index (κ3) is 5.66. The second-order valence-corrected chi connectivity index (χ2v) is 6.31. The van der Waals surface area contributed by atoms with E-state index in [4.69, 9.17) is 4.74 Å². The number of methoxy groups -OCH3 is 1. The van der Waals surface area contributed by atoms with E-state index in [1.54, 1.807) is 14.2 Å². The summed E-state index contributed by atoms with van der Waals surface area (Å²) in [7, 11) is 3.49. The number of benzene rings is 1. The zero-order valence-corrected chi connectivity index (χ0v) is 14.2. The van der Waals surface area contributed by atoms with Gasteiger partial charge in [-0.2, -0.15) is 0 Å². The van der Waals surface area contributed by atoms with Gasteiger partial charge in [0.05, 0.1) is 7.11 Å². The second kappa shape index (κ2) is 7.91. The number of aliphatic imine (C=N–C) groups is 1. The van der Waals surface area contributed by atoms with Crippen LogP contribution >= 0.6 is 0 Å². The predicted octanol–water partition coefficient (Wildman–Crippen LogP) is 2.79. The van der Waals surface area contributed by atoms with Crippen LogP contribution < -0.4 is 15.4 Å². The zero-order valence-electron chi connectivity index (χ0n) is 14.2. The topological polar surface area (TPSA) is 45.7 Å². The lowest BCUT2D eigenvalue weighted by atomic mass is 9.84. The van der Waals surface area contributed by atoms with Crippen LogP contribution in [0.2, 0.25) is 0 Å². The van der Waals surface area contributed by atoms with E-state index >= 15 is 0 Å². The molecule has 4 heteroatoms. The van der Waals surface area contributed by atoms with Crippen LogP contribution in [0.5, 0.6) is 5.75 Å². The molecule has 1 rings (SSSR count). The van der Waals surface area contributed by atoms with Crippen LogP contribution in [0.15, 0.2) is 29.3 Å². The molecule has 21 heavy (non-hydrogen) atoms. The lowest BCUT2D eigenvalue weighted by Gasteiger charge is -2.27. The summed E-state index contributed by atoms with van der Waals surface area (Å²) < 4.78 is 5.21. The van der Waals surface area contributed by atoms with E-state index in [9.17, 15) is 0 Å². The highest BCUT2D eigenvalue weighted by atomic mass is 16.5. The molecule has 0 unspecified atom stereocenters. The fraction of sp³-hybridized carbons (Fsp3) is 0.588. The molecule has 0 aliphatic carbocycles. The van der Waals surface area contributed by atoms with Crippen LogP contribution in [0.1, 0.15) is 33.3 Å². The van der Waals surface area contributed by atoms with Crippen molar-refractivity contribution >= 4 is 5.96 Å². The first kappa shape index (κ1) is 17.3. The van der Waals surface area contributed by atoms with Crippen LogP contribution in [-0.2, 0) is 5.41 Å². The summed E-state index contributed by atoms with van der Waals surface area (Å²) in [5.74, 6) is 2.33. The van der Waals surface area contributed by atoms with Crippen molar-refractivity contribution in [2.24, 2.45) is 10.9 Å². The smallest absolute Gasteiger partial charge is 0.191 e. The molecule has 4 nitrogen and oxygen atoms in total. The fourth-order valence-electron chi connectivity index (χ4n) is 1.97. The molecule has 0 saturated heterocycles. The third-order valence-electron chi connectivity index (χ3n) is 3.47. The van der Waals surface area contributed by atoms with Crippen LogP contribution in [0.4, 0.5) is 0 Å². The van der Waals surface area contributed by atoms with E-state index in [2.05, 4.69) is 55.5 Å². The van der Waals surface area contributed by atoms with Gasteiger partial charge in [-0.1, -0.05) is 39.8 Å². The van der Waals surface area contributed by atoms with Crippen LogP contribution in [-0.4, -0.2) is 33.2 Å². The number of ether oxygens (including phenoxy) is 1. The predicted molar refractivity (Wildman–Crippen MR) is 90.2 cm³/mol. The minimum absolute atomic E-state index is 0.0156. The summed E-state index contributed by atoms with van der Waals surface area (Å²) in [6.07, 6.45) is 0. The molecule has 0 saturated carbocycles. The first-order valence-electron chi connectivity index (χ1n) is 7.48. The first-order valence-corrected chi connectivity index (χ1v) is 7.48. The molecule has 1 aromatic rings. The quantitative estimate of drug-likeness (QED) is 0.626. The Balaban J connectivity index is 2.62. The number of hydrogen-bond donors (Lipinski definition) is 2. The van der Waals surface area contributed by atoms with Crippen LogP contribution in [0.25, 0.3) is 0 Å². The van der Waals surface area contributed by atoms with Gasteiger partial charge in [0.2, 0.25) is 0 Å². The molecule has 0 bridgehead atoms. The molecular formula is C17H29N3O. The maximum Gasteiger partial charge on any atom is 0.191 e. The van der Waals surface area contributed by atoms with E-state index in [0.717, 1.165) is 24.8 Å². The monoisotopic (exact) mass is 291 g/mol. The highest BCUT2D eigenvalue weighted by Crippen LogP contribution is 2.24. The van der Waals surface area contributed by atoms with Crippen molar-refractivity contribution in [1.29, 1.82) is 0 Å². The molecule has 0 heterocycles. The molecule has 0 fully saturated rings. The average Bonchev–Trinajstić information content (AvgIpc) is 2.47. The molecule has 0 aliphatic heterocycles. The van der Waals surface area contributed by atoms with Gasteiger partial charge >= 0.3 is 0 Å². The molecule has 118 valence electrons. The minimum Gasteiger partial charge on any atom is -0.497 e. The number of rotatable bonds is 6. The van der Waals surface area contributed by atoms with Crippen molar-refractivity contribution in [2.45, 2.75) is 33.1 Å². The van der Waals surface area contributed by atoms with Gasteiger partial charge in [0.1, 0.15) is 5.75 Å². The van der Waals surface area contributed by atoms with Crippen molar-refractivity contribution in [3.05, 3.63) is 29.8 Å². The van der Waals surface area contributed by atoms with Gasteiger partial charge in [-0.05, 0) is 23.6 Å². The number of hydrogen-bond acceptors (Lipinski definition) is 2. The highest BCUT2D eigenvalue weighted by Gasteiger charge is 2.21. The molecule has 0 radical (unpaired) electrons. The van der Waals surface area contributed by atoms with E-state index in [1.165, 1.54) is 5.56 Å². The number of guanidine groups is 1. The molecular weight excluding hydrogens is 262 g/mol. The molecule has 1 aromatic carbocycles. The summed E-state index contributed by atoms with van der Waals surface area (Å²) in [5.41, 5.74) is 1.29. The van der Waals surface area contributed by atoms with E-state index in [0.29, 0.717) is 5.92 Å². The Morgan fingerprint density at radius 2 is 1.81 bits per heavy atom. The van der Waals surface area contributed by atoms with Gasteiger partial charge < -0.3 is 15.4 Å². The summed E-state index contributed by atoms with van der Waals surface area (Å²) in [5, 5.41) is 6.73. The Morgan fingerprint density at radius 1 is 1.19 bits per heavy atom. The first-order chi connectivity index (χ1) is 9.89. The molecule has 2 N–H and O–H groups in total. The van der Waals surface area contributed by atoms with E-state index in [-0.39, 0.29) is 5.41 Å². The second-order valence-electron chi connectivity index (χ2n) is 6.31. The number of nitrogens with zero attached hydrogens (tertiary/aromatic N) is 1. The Bertz CT molecular complexity index is 450. The van der Waals surface area contributed by atoms with Gasteiger partial charge in [-0.3, -0.25) is 4.99 Å². The zero-order chi connectivity index (χ0) is 15.9. The van der Waals surface area contributed by atoms with Gasteiger partial charge in [0, 0.05) is 25.6 Å². The summed E-state index contributed by atoms with van der Waals surface area (Å²) >= 11 is 0. The lowest BCUT2D eigenvalue weighted by molar-refractivity contribution is 0.414. The fourth-order valence-corrected chi connectivity index (χ4v) is 1.97. The average molecular weight is 291 g/mol. The highest BCUT2D eigenvalue weighted by molar-refractivity contribution is 5.79. The molecule has 0 aliphatic rings. The maximum atomic E-state index is 5.21. The van der Waals surface area contributed by atoms with E-state index in [1.807, 2.05) is 12.1 Å². The van der Waals surface area contributed by atoms with Crippen molar-refractivity contribution in [3.63, 3.8) is 0 Å². The molecule has 0 atom stereocenters. The molecule has 0 amide bonds. The molecule has 0 spiro atoms.